The van der Waals surface area contributed by atoms with Crippen LogP contribution >= 0.6 is 11.6 Å². The second-order valence-electron chi connectivity index (χ2n) is 5.57. The van der Waals surface area contributed by atoms with Crippen molar-refractivity contribution in [3.63, 3.8) is 0 Å². The van der Waals surface area contributed by atoms with Crippen molar-refractivity contribution < 1.29 is 0 Å². The van der Waals surface area contributed by atoms with E-state index in [9.17, 15) is 0 Å². The Hall–Kier alpha value is -3.04. The molecule has 0 saturated carbocycles. The monoisotopic (exact) mass is 343 g/mol. The fourth-order valence-electron chi connectivity index (χ4n) is 2.84. The Morgan fingerprint density at radius 2 is 1.12 bits per heavy atom. The third-order valence-electron chi connectivity index (χ3n) is 4.00. The second kappa shape index (κ2) is 6.83. The van der Waals surface area contributed by atoms with E-state index in [-0.39, 0.29) is 0 Å². The zero-order chi connectivity index (χ0) is 17.1. The SMILES string of the molecule is Clc1ccccc1-c1nnnc(-c2ccccc2)c1-c1ccccc1. The molecular formula is C21H14ClN3. The van der Waals surface area contributed by atoms with Crippen LogP contribution < -0.4 is 0 Å². The van der Waals surface area contributed by atoms with Crippen LogP contribution in [0, 0.1) is 0 Å². The molecule has 0 N–H and O–H groups in total. The molecule has 4 aromatic rings. The molecule has 1 aromatic heterocycles. The lowest BCUT2D eigenvalue weighted by Crippen LogP contribution is -2.00. The summed E-state index contributed by atoms with van der Waals surface area (Å²) in [6.07, 6.45) is 0. The van der Waals surface area contributed by atoms with Gasteiger partial charge in [0.2, 0.25) is 0 Å². The van der Waals surface area contributed by atoms with Gasteiger partial charge in [0.1, 0.15) is 11.4 Å². The van der Waals surface area contributed by atoms with Crippen LogP contribution in [-0.4, -0.2) is 15.4 Å². The molecule has 3 aromatic carbocycles. The standard InChI is InChI=1S/C21H14ClN3/c22-18-14-8-7-13-17(18)21-19(15-9-3-1-4-10-15)20(23-25-24-21)16-11-5-2-6-12-16/h1-14H. The summed E-state index contributed by atoms with van der Waals surface area (Å²) in [6.45, 7) is 0. The first-order chi connectivity index (χ1) is 12.3. The van der Waals surface area contributed by atoms with Gasteiger partial charge < -0.3 is 0 Å². The molecule has 4 rings (SSSR count). The maximum atomic E-state index is 6.43. The predicted molar refractivity (Wildman–Crippen MR) is 101 cm³/mol. The second-order valence-corrected chi connectivity index (χ2v) is 5.98. The third-order valence-corrected chi connectivity index (χ3v) is 4.33. The zero-order valence-corrected chi connectivity index (χ0v) is 14.1. The van der Waals surface area contributed by atoms with Crippen LogP contribution in [-0.2, 0) is 0 Å². The topological polar surface area (TPSA) is 38.7 Å². The smallest absolute Gasteiger partial charge is 0.106 e. The van der Waals surface area contributed by atoms with Crippen molar-refractivity contribution in [2.45, 2.75) is 0 Å². The van der Waals surface area contributed by atoms with Gasteiger partial charge in [-0.1, -0.05) is 90.5 Å². The molecule has 0 aliphatic heterocycles. The van der Waals surface area contributed by atoms with E-state index in [1.54, 1.807) is 0 Å². The van der Waals surface area contributed by atoms with Crippen molar-refractivity contribution in [2.24, 2.45) is 0 Å². The highest BCUT2D eigenvalue weighted by Gasteiger charge is 2.18. The number of aromatic nitrogens is 3. The number of hydrogen-bond donors (Lipinski definition) is 0. The number of benzene rings is 3. The van der Waals surface area contributed by atoms with E-state index >= 15 is 0 Å². The van der Waals surface area contributed by atoms with Crippen LogP contribution in [0.15, 0.2) is 84.9 Å². The van der Waals surface area contributed by atoms with Crippen molar-refractivity contribution >= 4 is 11.6 Å². The summed E-state index contributed by atoms with van der Waals surface area (Å²) in [4.78, 5) is 0. The van der Waals surface area contributed by atoms with Crippen LogP contribution in [0.4, 0.5) is 0 Å². The van der Waals surface area contributed by atoms with E-state index in [0.29, 0.717) is 5.02 Å². The van der Waals surface area contributed by atoms with Crippen LogP contribution in [0.25, 0.3) is 33.6 Å². The van der Waals surface area contributed by atoms with Gasteiger partial charge in [-0.05, 0) is 16.8 Å². The minimum atomic E-state index is 0.638. The van der Waals surface area contributed by atoms with Crippen molar-refractivity contribution in [3.8, 4) is 33.6 Å². The number of halogens is 1. The summed E-state index contributed by atoms with van der Waals surface area (Å²) in [5, 5.41) is 13.3. The highest BCUT2D eigenvalue weighted by Crippen LogP contribution is 2.38. The Labute approximate surface area is 151 Å². The Morgan fingerprint density at radius 3 is 1.80 bits per heavy atom. The number of hydrogen-bond acceptors (Lipinski definition) is 3. The largest absolute Gasteiger partial charge is 0.129 e. The van der Waals surface area contributed by atoms with Gasteiger partial charge in [-0.2, -0.15) is 0 Å². The maximum absolute atomic E-state index is 6.43. The maximum Gasteiger partial charge on any atom is 0.106 e. The van der Waals surface area contributed by atoms with Gasteiger partial charge in [0, 0.05) is 16.7 Å². The fourth-order valence-corrected chi connectivity index (χ4v) is 3.07. The normalized spacial score (nSPS) is 10.6. The van der Waals surface area contributed by atoms with Crippen molar-refractivity contribution in [2.75, 3.05) is 0 Å². The average molecular weight is 344 g/mol. The minimum absolute atomic E-state index is 0.638. The molecule has 0 atom stereocenters. The summed E-state index contributed by atoms with van der Waals surface area (Å²) in [5.41, 5.74) is 5.30. The number of rotatable bonds is 3. The lowest BCUT2D eigenvalue weighted by Gasteiger charge is -2.13. The van der Waals surface area contributed by atoms with Crippen molar-refractivity contribution in [1.82, 2.24) is 15.4 Å². The van der Waals surface area contributed by atoms with E-state index < -0.39 is 0 Å². The van der Waals surface area contributed by atoms with Gasteiger partial charge >= 0.3 is 0 Å². The van der Waals surface area contributed by atoms with Gasteiger partial charge in [-0.25, -0.2) is 0 Å². The highest BCUT2D eigenvalue weighted by molar-refractivity contribution is 6.33. The molecular weight excluding hydrogens is 330 g/mol. The van der Waals surface area contributed by atoms with E-state index in [1.165, 1.54) is 0 Å². The molecule has 4 heteroatoms. The molecule has 0 unspecified atom stereocenters. The van der Waals surface area contributed by atoms with E-state index in [4.69, 9.17) is 11.6 Å². The fraction of sp³-hybridized carbons (Fsp3) is 0. The molecule has 120 valence electrons. The quantitative estimate of drug-likeness (QED) is 0.491. The van der Waals surface area contributed by atoms with Crippen LogP contribution in [0.5, 0.6) is 0 Å². The van der Waals surface area contributed by atoms with Gasteiger partial charge in [-0.15, -0.1) is 10.2 Å². The molecule has 0 aliphatic carbocycles. The first-order valence-corrected chi connectivity index (χ1v) is 8.31. The minimum Gasteiger partial charge on any atom is -0.129 e. The van der Waals surface area contributed by atoms with Crippen LogP contribution in [0.2, 0.25) is 5.02 Å². The van der Waals surface area contributed by atoms with Gasteiger partial charge in [0.25, 0.3) is 0 Å². The van der Waals surface area contributed by atoms with Gasteiger partial charge in [0.15, 0.2) is 0 Å². The lowest BCUT2D eigenvalue weighted by atomic mass is 9.95. The van der Waals surface area contributed by atoms with Crippen molar-refractivity contribution in [3.05, 3.63) is 90.0 Å². The molecule has 0 amide bonds. The van der Waals surface area contributed by atoms with E-state index in [0.717, 1.165) is 33.6 Å². The van der Waals surface area contributed by atoms with E-state index in [1.807, 2.05) is 84.9 Å². The Morgan fingerprint density at radius 1 is 0.560 bits per heavy atom. The molecule has 0 fully saturated rings. The van der Waals surface area contributed by atoms with Crippen LogP contribution in [0.1, 0.15) is 0 Å². The molecule has 3 nitrogen and oxygen atoms in total. The zero-order valence-electron chi connectivity index (χ0n) is 13.3. The van der Waals surface area contributed by atoms with Crippen molar-refractivity contribution in [1.29, 1.82) is 0 Å². The molecule has 25 heavy (non-hydrogen) atoms. The summed E-state index contributed by atoms with van der Waals surface area (Å²) in [7, 11) is 0. The third kappa shape index (κ3) is 3.02. The average Bonchev–Trinajstić information content (AvgIpc) is 2.69. The lowest BCUT2D eigenvalue weighted by molar-refractivity contribution is 0.878. The molecule has 0 spiro atoms. The Bertz CT molecular complexity index is 1000. The highest BCUT2D eigenvalue weighted by atomic mass is 35.5. The summed E-state index contributed by atoms with van der Waals surface area (Å²) >= 11 is 6.43. The summed E-state index contributed by atoms with van der Waals surface area (Å²) in [5.74, 6) is 0. The first-order valence-electron chi connectivity index (χ1n) is 7.93. The summed E-state index contributed by atoms with van der Waals surface area (Å²) < 4.78 is 0. The van der Waals surface area contributed by atoms with Gasteiger partial charge in [-0.3, -0.25) is 0 Å². The van der Waals surface area contributed by atoms with Gasteiger partial charge in [0.05, 0.1) is 5.02 Å². The molecule has 1 heterocycles. The van der Waals surface area contributed by atoms with E-state index in [2.05, 4.69) is 15.4 Å². The molecule has 0 aliphatic rings. The van der Waals surface area contributed by atoms with Crippen LogP contribution in [0.3, 0.4) is 0 Å². The molecule has 0 bridgehead atoms. The first kappa shape index (κ1) is 15.5. The molecule has 0 radical (unpaired) electrons. The number of nitrogens with zero attached hydrogens (tertiary/aromatic N) is 3. The Kier molecular flexibility index (Phi) is 4.23. The Balaban J connectivity index is 2.05. The molecule has 0 saturated heterocycles. The summed E-state index contributed by atoms with van der Waals surface area (Å²) in [6, 6.07) is 27.7. The predicted octanol–water partition coefficient (Wildman–Crippen LogP) is 5.53.